The summed E-state index contributed by atoms with van der Waals surface area (Å²) in [6.07, 6.45) is 4.69. The highest BCUT2D eigenvalue weighted by atomic mass is 32.2. The number of piperazine rings is 1. The lowest BCUT2D eigenvalue weighted by molar-refractivity contribution is 0.384. The van der Waals surface area contributed by atoms with Crippen LogP contribution in [0.5, 0.6) is 0 Å². The van der Waals surface area contributed by atoms with Crippen molar-refractivity contribution in [2.24, 2.45) is 0 Å². The second-order valence-electron chi connectivity index (χ2n) is 6.31. The minimum absolute atomic E-state index is 0.434. The van der Waals surface area contributed by atoms with Crippen molar-refractivity contribution in [3.63, 3.8) is 0 Å². The van der Waals surface area contributed by atoms with Crippen molar-refractivity contribution in [1.82, 2.24) is 19.1 Å². The number of nitrogens with zero attached hydrogens (tertiary/aromatic N) is 5. The third-order valence-electron chi connectivity index (χ3n) is 4.65. The lowest BCUT2D eigenvalue weighted by Crippen LogP contribution is -2.48. The van der Waals surface area contributed by atoms with Gasteiger partial charge in [-0.15, -0.1) is 21.5 Å². The van der Waals surface area contributed by atoms with Gasteiger partial charge in [0.2, 0.25) is 0 Å². The van der Waals surface area contributed by atoms with Crippen molar-refractivity contribution in [1.29, 1.82) is 0 Å². The fourth-order valence-electron chi connectivity index (χ4n) is 3.08. The van der Waals surface area contributed by atoms with E-state index in [0.717, 1.165) is 22.9 Å². The summed E-state index contributed by atoms with van der Waals surface area (Å²) in [6.45, 7) is 4.13. The highest BCUT2D eigenvalue weighted by molar-refractivity contribution is 7.91. The zero-order valence-electron chi connectivity index (χ0n) is 15.0. The van der Waals surface area contributed by atoms with Crippen molar-refractivity contribution in [3.8, 4) is 5.82 Å². The monoisotopic (exact) mass is 403 g/mol. The number of hydrogen-bond donors (Lipinski definition) is 0. The van der Waals surface area contributed by atoms with Crippen molar-refractivity contribution in [2.45, 2.75) is 17.6 Å². The topological polar surface area (TPSA) is 71.3 Å². The molecule has 1 fully saturated rings. The van der Waals surface area contributed by atoms with Gasteiger partial charge < -0.3 is 9.47 Å². The molecule has 27 heavy (non-hydrogen) atoms. The molecule has 1 aliphatic heterocycles. The third-order valence-corrected chi connectivity index (χ3v) is 8.24. The number of thiophene rings is 1. The summed E-state index contributed by atoms with van der Waals surface area (Å²) in [5.74, 6) is 1.53. The Kier molecular flexibility index (Phi) is 4.98. The quantitative estimate of drug-likeness (QED) is 0.654. The van der Waals surface area contributed by atoms with Gasteiger partial charge in [-0.1, -0.05) is 6.92 Å². The molecule has 3 aromatic heterocycles. The van der Waals surface area contributed by atoms with Gasteiger partial charge in [-0.3, -0.25) is 0 Å². The SMILES string of the molecule is CCc1ccc(S(=O)(=O)N2CCN(c3ccc(-n4cccc4)nn3)CC2)s1. The Labute approximate surface area is 162 Å². The number of aryl methyl sites for hydroxylation is 1. The summed E-state index contributed by atoms with van der Waals surface area (Å²) in [4.78, 5) is 3.16. The van der Waals surface area contributed by atoms with Crippen LogP contribution in [0.25, 0.3) is 5.82 Å². The first-order valence-electron chi connectivity index (χ1n) is 8.89. The molecule has 0 saturated carbocycles. The van der Waals surface area contributed by atoms with Gasteiger partial charge in [0.25, 0.3) is 10.0 Å². The van der Waals surface area contributed by atoms with Gasteiger partial charge in [-0.05, 0) is 42.8 Å². The molecule has 1 saturated heterocycles. The van der Waals surface area contributed by atoms with Crippen molar-refractivity contribution >= 4 is 27.2 Å². The number of hydrogen-bond acceptors (Lipinski definition) is 6. The van der Waals surface area contributed by atoms with E-state index in [1.807, 2.05) is 54.2 Å². The molecule has 7 nitrogen and oxygen atoms in total. The molecule has 4 heterocycles. The molecule has 0 bridgehead atoms. The number of aromatic nitrogens is 3. The lowest BCUT2D eigenvalue weighted by atomic mass is 10.3. The highest BCUT2D eigenvalue weighted by Crippen LogP contribution is 2.26. The number of rotatable bonds is 5. The van der Waals surface area contributed by atoms with Crippen LogP contribution in [0.4, 0.5) is 5.82 Å². The van der Waals surface area contributed by atoms with Crippen LogP contribution in [0.15, 0.2) is 53.0 Å². The highest BCUT2D eigenvalue weighted by Gasteiger charge is 2.30. The first kappa shape index (κ1) is 18.1. The maximum absolute atomic E-state index is 12.8. The van der Waals surface area contributed by atoms with Crippen LogP contribution in [-0.4, -0.2) is 53.7 Å². The molecule has 4 rings (SSSR count). The molecule has 0 spiro atoms. The molecular formula is C18H21N5O2S2. The van der Waals surface area contributed by atoms with Crippen molar-refractivity contribution < 1.29 is 8.42 Å². The van der Waals surface area contributed by atoms with E-state index in [9.17, 15) is 8.42 Å². The van der Waals surface area contributed by atoms with Crippen LogP contribution in [0, 0.1) is 0 Å². The molecule has 0 aromatic carbocycles. The van der Waals surface area contributed by atoms with Gasteiger partial charge in [0, 0.05) is 43.4 Å². The van der Waals surface area contributed by atoms with Crippen LogP contribution in [-0.2, 0) is 16.4 Å². The molecule has 0 unspecified atom stereocenters. The van der Waals surface area contributed by atoms with E-state index >= 15 is 0 Å². The van der Waals surface area contributed by atoms with Gasteiger partial charge in [-0.2, -0.15) is 4.31 Å². The van der Waals surface area contributed by atoms with Crippen LogP contribution >= 0.6 is 11.3 Å². The fraction of sp³-hybridized carbons (Fsp3) is 0.333. The maximum atomic E-state index is 12.8. The molecule has 142 valence electrons. The first-order chi connectivity index (χ1) is 13.1. The zero-order valence-corrected chi connectivity index (χ0v) is 16.7. The normalized spacial score (nSPS) is 16.0. The van der Waals surface area contributed by atoms with Crippen LogP contribution in [0.2, 0.25) is 0 Å². The first-order valence-corrected chi connectivity index (χ1v) is 11.1. The van der Waals surface area contributed by atoms with Gasteiger partial charge in [0.15, 0.2) is 11.6 Å². The standard InChI is InChI=1S/C18H21N5O2S2/c1-2-15-5-8-18(26-15)27(24,25)23-13-11-22(12-14-23)17-7-6-16(19-20-17)21-9-3-4-10-21/h3-10H,2,11-14H2,1H3. The van der Waals surface area contributed by atoms with Gasteiger partial charge in [0.05, 0.1) is 0 Å². The number of anilines is 1. The Bertz CT molecular complexity index is 989. The third kappa shape index (κ3) is 3.62. The molecule has 1 aliphatic rings. The van der Waals surface area contributed by atoms with Crippen LogP contribution in [0.1, 0.15) is 11.8 Å². The van der Waals surface area contributed by atoms with E-state index < -0.39 is 10.0 Å². The average molecular weight is 404 g/mol. The minimum atomic E-state index is -3.41. The Hall–Kier alpha value is -2.23. The Morgan fingerprint density at radius 2 is 1.63 bits per heavy atom. The number of sulfonamides is 1. The molecule has 0 N–H and O–H groups in total. The van der Waals surface area contributed by atoms with Crippen molar-refractivity contribution in [2.75, 3.05) is 31.1 Å². The smallest absolute Gasteiger partial charge is 0.252 e. The largest absolute Gasteiger partial charge is 0.352 e. The van der Waals surface area contributed by atoms with E-state index in [0.29, 0.717) is 30.4 Å². The summed E-state index contributed by atoms with van der Waals surface area (Å²) in [7, 11) is -3.41. The Morgan fingerprint density at radius 3 is 2.22 bits per heavy atom. The maximum Gasteiger partial charge on any atom is 0.252 e. The van der Waals surface area contributed by atoms with E-state index in [1.54, 1.807) is 10.4 Å². The van der Waals surface area contributed by atoms with Crippen LogP contribution in [0.3, 0.4) is 0 Å². The fourth-order valence-corrected chi connectivity index (χ4v) is 5.96. The summed E-state index contributed by atoms with van der Waals surface area (Å²) in [6, 6.07) is 11.3. The second-order valence-corrected chi connectivity index (χ2v) is 9.64. The van der Waals surface area contributed by atoms with Crippen LogP contribution < -0.4 is 4.90 Å². The van der Waals surface area contributed by atoms with E-state index in [-0.39, 0.29) is 0 Å². The molecule has 0 radical (unpaired) electrons. The second kappa shape index (κ2) is 7.41. The lowest BCUT2D eigenvalue weighted by Gasteiger charge is -2.34. The summed E-state index contributed by atoms with van der Waals surface area (Å²) in [5, 5.41) is 8.57. The summed E-state index contributed by atoms with van der Waals surface area (Å²) >= 11 is 1.36. The predicted molar refractivity (Wildman–Crippen MR) is 106 cm³/mol. The van der Waals surface area contributed by atoms with E-state index in [1.165, 1.54) is 11.3 Å². The Morgan fingerprint density at radius 1 is 0.963 bits per heavy atom. The molecule has 3 aromatic rings. The van der Waals surface area contributed by atoms with E-state index in [4.69, 9.17) is 0 Å². The van der Waals surface area contributed by atoms with Gasteiger partial charge in [-0.25, -0.2) is 8.42 Å². The van der Waals surface area contributed by atoms with Crippen molar-refractivity contribution in [3.05, 3.63) is 53.7 Å². The summed E-state index contributed by atoms with van der Waals surface area (Å²) in [5.41, 5.74) is 0. The molecule has 9 heteroatoms. The minimum Gasteiger partial charge on any atom is -0.352 e. The molecule has 0 aliphatic carbocycles. The van der Waals surface area contributed by atoms with Gasteiger partial charge >= 0.3 is 0 Å². The summed E-state index contributed by atoms with van der Waals surface area (Å²) < 4.78 is 29.5. The van der Waals surface area contributed by atoms with Gasteiger partial charge in [0.1, 0.15) is 4.21 Å². The molecule has 0 amide bonds. The molecule has 0 atom stereocenters. The predicted octanol–water partition coefficient (Wildman–Crippen LogP) is 2.40. The molecular weight excluding hydrogens is 382 g/mol. The average Bonchev–Trinajstić information content (AvgIpc) is 3.40. The zero-order chi connectivity index (χ0) is 18.9. The Balaban J connectivity index is 1.42. The van der Waals surface area contributed by atoms with E-state index in [2.05, 4.69) is 15.1 Å².